The molecular formula is C3H6LiNO2S2. The molecule has 1 rings (SSSR count). The molecule has 0 aromatic carbocycles. The van der Waals surface area contributed by atoms with E-state index in [1.54, 1.807) is 11.6 Å². The van der Waals surface area contributed by atoms with E-state index >= 15 is 0 Å². The first-order valence-electron chi connectivity index (χ1n) is 1.96. The fourth-order valence-corrected chi connectivity index (χ4v) is 1.70. The zero-order valence-corrected chi connectivity index (χ0v) is 5.61. The van der Waals surface area contributed by atoms with Crippen molar-refractivity contribution in [2.24, 2.45) is 0 Å². The van der Waals surface area contributed by atoms with Crippen molar-refractivity contribution in [3.8, 4) is 0 Å². The SMILES string of the molecule is O=S(O)N1C=CSC1.[LiH]. The van der Waals surface area contributed by atoms with Crippen LogP contribution >= 0.6 is 11.8 Å². The summed E-state index contributed by atoms with van der Waals surface area (Å²) in [5, 5.41) is 1.79. The molecule has 0 aromatic rings. The van der Waals surface area contributed by atoms with Crippen molar-refractivity contribution in [1.29, 1.82) is 0 Å². The normalized spacial score (nSPS) is 19.4. The van der Waals surface area contributed by atoms with Gasteiger partial charge in [-0.3, -0.25) is 8.86 Å². The van der Waals surface area contributed by atoms with Crippen LogP contribution < -0.4 is 0 Å². The predicted molar refractivity (Wildman–Crippen MR) is 41.4 cm³/mol. The van der Waals surface area contributed by atoms with E-state index in [9.17, 15) is 4.21 Å². The number of hydrogen-bond donors (Lipinski definition) is 1. The summed E-state index contributed by atoms with van der Waals surface area (Å²) >= 11 is -0.312. The van der Waals surface area contributed by atoms with E-state index in [2.05, 4.69) is 0 Å². The van der Waals surface area contributed by atoms with Gasteiger partial charge in [-0.05, 0) is 5.41 Å². The van der Waals surface area contributed by atoms with E-state index in [1.165, 1.54) is 16.1 Å². The zero-order valence-electron chi connectivity index (χ0n) is 3.98. The molecule has 0 amide bonds. The Morgan fingerprint density at radius 2 is 2.44 bits per heavy atom. The van der Waals surface area contributed by atoms with Gasteiger partial charge in [0.1, 0.15) is 0 Å². The maximum atomic E-state index is 10.2. The van der Waals surface area contributed by atoms with Crippen LogP contribution in [0.3, 0.4) is 0 Å². The van der Waals surface area contributed by atoms with E-state index in [-0.39, 0.29) is 18.9 Å². The fraction of sp³-hybridized carbons (Fsp3) is 0.333. The minimum absolute atomic E-state index is 0. The zero-order chi connectivity index (χ0) is 5.98. The molecular weight excluding hydrogens is 153 g/mol. The summed E-state index contributed by atoms with van der Waals surface area (Å²) in [6.45, 7) is 0. The van der Waals surface area contributed by atoms with Crippen molar-refractivity contribution in [1.82, 2.24) is 4.31 Å². The third kappa shape index (κ3) is 2.78. The van der Waals surface area contributed by atoms with Gasteiger partial charge < -0.3 is 0 Å². The van der Waals surface area contributed by atoms with Gasteiger partial charge in [-0.25, -0.2) is 4.21 Å². The van der Waals surface area contributed by atoms with Crippen LogP contribution in [0.5, 0.6) is 0 Å². The van der Waals surface area contributed by atoms with Crippen molar-refractivity contribution >= 4 is 41.9 Å². The first-order valence-corrected chi connectivity index (χ1v) is 4.08. The van der Waals surface area contributed by atoms with Crippen LogP contribution in [0.15, 0.2) is 11.6 Å². The van der Waals surface area contributed by atoms with Gasteiger partial charge in [0, 0.05) is 6.20 Å². The Bertz CT molecular complexity index is 140. The van der Waals surface area contributed by atoms with E-state index in [1.807, 2.05) is 0 Å². The van der Waals surface area contributed by atoms with Crippen molar-refractivity contribution in [3.05, 3.63) is 11.6 Å². The molecule has 0 aromatic heterocycles. The predicted octanol–water partition coefficient (Wildman–Crippen LogP) is -0.0479. The molecule has 0 bridgehead atoms. The molecule has 9 heavy (non-hydrogen) atoms. The van der Waals surface area contributed by atoms with Crippen LogP contribution in [-0.2, 0) is 11.3 Å². The van der Waals surface area contributed by atoms with Gasteiger partial charge in [-0.15, -0.1) is 11.8 Å². The van der Waals surface area contributed by atoms with E-state index in [0.717, 1.165) is 0 Å². The Kier molecular flexibility index (Phi) is 4.71. The second kappa shape index (κ2) is 4.42. The van der Waals surface area contributed by atoms with Gasteiger partial charge in [-0.1, -0.05) is 0 Å². The molecule has 1 aliphatic rings. The first-order chi connectivity index (χ1) is 3.80. The van der Waals surface area contributed by atoms with Crippen LogP contribution in [0, 0.1) is 0 Å². The van der Waals surface area contributed by atoms with Crippen molar-refractivity contribution in [3.63, 3.8) is 0 Å². The van der Waals surface area contributed by atoms with Gasteiger partial charge in [0.2, 0.25) is 0 Å². The summed E-state index contributed by atoms with van der Waals surface area (Å²) < 4.78 is 19.9. The molecule has 1 aliphatic heterocycles. The Hall–Kier alpha value is 0.597. The summed E-state index contributed by atoms with van der Waals surface area (Å²) in [6.07, 6.45) is 1.60. The Labute approximate surface area is 72.5 Å². The summed E-state index contributed by atoms with van der Waals surface area (Å²) in [6, 6.07) is 0. The Morgan fingerprint density at radius 3 is 2.67 bits per heavy atom. The fourth-order valence-electron chi connectivity index (χ4n) is 0.368. The van der Waals surface area contributed by atoms with Crippen LogP contribution in [0.2, 0.25) is 0 Å². The molecule has 0 fully saturated rings. The van der Waals surface area contributed by atoms with Crippen LogP contribution in [-0.4, -0.2) is 37.8 Å². The molecule has 0 saturated carbocycles. The van der Waals surface area contributed by atoms with Gasteiger partial charge in [-0.2, -0.15) is 0 Å². The summed E-state index contributed by atoms with van der Waals surface area (Å²) in [5.74, 6) is 0.586. The van der Waals surface area contributed by atoms with Crippen LogP contribution in [0.1, 0.15) is 0 Å². The molecule has 3 nitrogen and oxygen atoms in total. The van der Waals surface area contributed by atoms with Crippen LogP contribution in [0.25, 0.3) is 0 Å². The van der Waals surface area contributed by atoms with E-state index in [4.69, 9.17) is 4.55 Å². The maximum absolute atomic E-state index is 10.2. The molecule has 1 N–H and O–H groups in total. The minimum atomic E-state index is -1.82. The van der Waals surface area contributed by atoms with Crippen LogP contribution in [0.4, 0.5) is 0 Å². The third-order valence-electron chi connectivity index (χ3n) is 0.726. The van der Waals surface area contributed by atoms with E-state index < -0.39 is 11.3 Å². The molecule has 1 atom stereocenters. The second-order valence-corrected chi connectivity index (χ2v) is 3.02. The third-order valence-corrected chi connectivity index (χ3v) is 2.28. The van der Waals surface area contributed by atoms with E-state index in [0.29, 0.717) is 5.88 Å². The average Bonchev–Trinajstić information content (AvgIpc) is 2.12. The molecule has 0 spiro atoms. The number of nitrogens with zero attached hydrogens (tertiary/aromatic N) is 1. The molecule has 1 unspecified atom stereocenters. The summed E-state index contributed by atoms with van der Waals surface area (Å²) in [4.78, 5) is 0. The molecule has 1 heterocycles. The van der Waals surface area contributed by atoms with Gasteiger partial charge in [0.25, 0.3) is 11.3 Å². The quantitative estimate of drug-likeness (QED) is 0.431. The molecule has 0 aliphatic carbocycles. The summed E-state index contributed by atoms with van der Waals surface area (Å²) in [7, 11) is 0. The molecule has 6 heteroatoms. The van der Waals surface area contributed by atoms with Gasteiger partial charge >= 0.3 is 18.9 Å². The van der Waals surface area contributed by atoms with Crippen molar-refractivity contribution < 1.29 is 8.76 Å². The van der Waals surface area contributed by atoms with Gasteiger partial charge in [0.05, 0.1) is 5.88 Å². The Morgan fingerprint density at radius 1 is 1.78 bits per heavy atom. The van der Waals surface area contributed by atoms with Crippen molar-refractivity contribution in [2.75, 3.05) is 5.88 Å². The Balaban J connectivity index is 0.000000640. The number of hydrogen-bond acceptors (Lipinski definition) is 2. The monoisotopic (exact) mass is 159 g/mol. The molecule has 0 radical (unpaired) electrons. The number of rotatable bonds is 1. The number of thioether (sulfide) groups is 1. The standard InChI is InChI=1S/C3H5NO2S2.Li.H/c5-8(6)4-1-2-7-3-4;;/h1-2H,3H2,(H,5,6);;. The summed E-state index contributed by atoms with van der Waals surface area (Å²) in [5.41, 5.74) is 0. The first kappa shape index (κ1) is 9.60. The average molecular weight is 159 g/mol. The van der Waals surface area contributed by atoms with Crippen molar-refractivity contribution in [2.45, 2.75) is 0 Å². The molecule has 48 valence electrons. The van der Waals surface area contributed by atoms with Gasteiger partial charge in [0.15, 0.2) is 0 Å². The topological polar surface area (TPSA) is 40.5 Å². The molecule has 0 saturated heterocycles. The second-order valence-electron chi connectivity index (χ2n) is 1.23.